The van der Waals surface area contributed by atoms with Crippen LogP contribution in [0.5, 0.6) is 11.5 Å². The highest BCUT2D eigenvalue weighted by Crippen LogP contribution is 2.46. The Morgan fingerprint density at radius 1 is 0.789 bits per heavy atom. The molecule has 2 aliphatic rings. The minimum absolute atomic E-state index is 0.127. The first-order valence-electron chi connectivity index (χ1n) is 13.9. The molecular formula is C32H35ClN2O2S. The van der Waals surface area contributed by atoms with Gasteiger partial charge in [0.15, 0.2) is 0 Å². The van der Waals surface area contributed by atoms with Crippen molar-refractivity contribution in [1.82, 2.24) is 9.80 Å². The molecule has 38 heavy (non-hydrogen) atoms. The largest absolute Gasteiger partial charge is 0.506 e. The van der Waals surface area contributed by atoms with Crippen LogP contribution in [0.4, 0.5) is 0 Å². The number of nitrogens with zero attached hydrogens (tertiary/aromatic N) is 2. The zero-order valence-electron chi connectivity index (χ0n) is 21.8. The van der Waals surface area contributed by atoms with Crippen molar-refractivity contribution in [2.24, 2.45) is 0 Å². The van der Waals surface area contributed by atoms with Crippen LogP contribution in [0.25, 0.3) is 31.7 Å². The molecule has 4 aromatic rings. The van der Waals surface area contributed by atoms with E-state index in [0.717, 1.165) is 63.5 Å². The topological polar surface area (TPSA) is 35.9 Å². The van der Waals surface area contributed by atoms with Crippen molar-refractivity contribution < 1.29 is 9.84 Å². The van der Waals surface area contributed by atoms with Crippen LogP contribution in [0.2, 0.25) is 5.02 Å². The third kappa shape index (κ3) is 5.72. The van der Waals surface area contributed by atoms with Crippen LogP contribution in [0.1, 0.15) is 31.2 Å². The average molecular weight is 547 g/mol. The molecule has 6 rings (SSSR count). The molecule has 2 fully saturated rings. The summed E-state index contributed by atoms with van der Waals surface area (Å²) >= 11 is 8.37. The predicted octanol–water partition coefficient (Wildman–Crippen LogP) is 7.71. The number of rotatable bonds is 9. The first-order chi connectivity index (χ1) is 18.6. The number of thiophene rings is 1. The highest BCUT2D eigenvalue weighted by molar-refractivity contribution is 7.22. The van der Waals surface area contributed by atoms with Crippen LogP contribution in [0, 0.1) is 0 Å². The molecular weight excluding hydrogens is 512 g/mol. The Balaban J connectivity index is 1.20. The van der Waals surface area contributed by atoms with Gasteiger partial charge < -0.3 is 14.7 Å². The zero-order chi connectivity index (χ0) is 25.9. The Labute approximate surface area is 234 Å². The highest BCUT2D eigenvalue weighted by atomic mass is 35.5. The van der Waals surface area contributed by atoms with Gasteiger partial charge in [-0.3, -0.25) is 4.90 Å². The maximum atomic E-state index is 10.6. The molecule has 0 atom stereocenters. The summed E-state index contributed by atoms with van der Waals surface area (Å²) in [6.07, 6.45) is 6.32. The normalized spacial score (nSPS) is 16.6. The number of likely N-dealkylation sites (tertiary alicyclic amines) is 2. The number of ether oxygens (including phenoxy) is 1. The molecule has 0 amide bonds. The van der Waals surface area contributed by atoms with Crippen molar-refractivity contribution in [2.75, 3.05) is 45.9 Å². The van der Waals surface area contributed by atoms with Crippen LogP contribution in [-0.4, -0.2) is 60.8 Å². The SMILES string of the molecule is Oc1cc2sc(-c3ccc(OCCN4CCCC4)cc3)cc2c(-c2ccc(CCN3CCCC3)cc2)c1Cl. The molecule has 0 saturated carbocycles. The Morgan fingerprint density at radius 2 is 1.42 bits per heavy atom. The van der Waals surface area contributed by atoms with Crippen LogP contribution in [0.3, 0.4) is 0 Å². The van der Waals surface area contributed by atoms with Crippen molar-refractivity contribution in [2.45, 2.75) is 32.1 Å². The average Bonchev–Trinajstić information content (AvgIpc) is 3.72. The van der Waals surface area contributed by atoms with E-state index < -0.39 is 0 Å². The van der Waals surface area contributed by atoms with Gasteiger partial charge >= 0.3 is 0 Å². The van der Waals surface area contributed by atoms with E-state index in [0.29, 0.717) is 5.02 Å². The molecule has 0 aliphatic carbocycles. The molecule has 1 aromatic heterocycles. The van der Waals surface area contributed by atoms with Gasteiger partial charge in [0.2, 0.25) is 0 Å². The van der Waals surface area contributed by atoms with E-state index in [1.165, 1.54) is 57.4 Å². The molecule has 2 saturated heterocycles. The number of fused-ring (bicyclic) bond motifs is 1. The van der Waals surface area contributed by atoms with E-state index in [2.05, 4.69) is 64.4 Å². The maximum absolute atomic E-state index is 10.6. The molecule has 2 aliphatic heterocycles. The lowest BCUT2D eigenvalue weighted by atomic mass is 9.99. The Morgan fingerprint density at radius 3 is 2.11 bits per heavy atom. The molecule has 198 valence electrons. The number of phenols is 1. The second kappa shape index (κ2) is 11.7. The van der Waals surface area contributed by atoms with Gasteiger partial charge in [-0.1, -0.05) is 35.9 Å². The van der Waals surface area contributed by atoms with E-state index in [1.807, 2.05) is 0 Å². The van der Waals surface area contributed by atoms with Crippen molar-refractivity contribution >= 4 is 33.0 Å². The standard InChI is InChI=1S/C32H35ClN2O2S/c33-32-28(36)22-30-27(31(32)25-7-5-23(6-8-25)13-18-34-14-1-2-15-34)21-29(38-30)24-9-11-26(12-10-24)37-20-19-35-16-3-4-17-35/h5-12,21-22,36H,1-4,13-20H2. The molecule has 0 bridgehead atoms. The number of phenolic OH excluding ortho intramolecular Hbond substituents is 1. The van der Waals surface area contributed by atoms with Crippen LogP contribution < -0.4 is 4.74 Å². The maximum Gasteiger partial charge on any atom is 0.136 e. The van der Waals surface area contributed by atoms with Gasteiger partial charge in [-0.15, -0.1) is 11.3 Å². The van der Waals surface area contributed by atoms with Crippen molar-refractivity contribution in [3.05, 3.63) is 71.2 Å². The summed E-state index contributed by atoms with van der Waals surface area (Å²) in [5.41, 5.74) is 4.41. The molecule has 1 N–H and O–H groups in total. The summed E-state index contributed by atoms with van der Waals surface area (Å²) in [6, 6.07) is 21.0. The monoisotopic (exact) mass is 546 g/mol. The minimum Gasteiger partial charge on any atom is -0.506 e. The first kappa shape index (κ1) is 25.7. The summed E-state index contributed by atoms with van der Waals surface area (Å²) < 4.78 is 7.02. The summed E-state index contributed by atoms with van der Waals surface area (Å²) in [7, 11) is 0. The van der Waals surface area contributed by atoms with Gasteiger partial charge in [0.05, 0.1) is 5.02 Å². The third-order valence-corrected chi connectivity index (χ3v) is 9.43. The number of hydrogen-bond donors (Lipinski definition) is 1. The summed E-state index contributed by atoms with van der Waals surface area (Å²) in [5, 5.41) is 12.1. The second-order valence-corrected chi connectivity index (χ2v) is 12.0. The number of hydrogen-bond acceptors (Lipinski definition) is 5. The molecule has 3 heterocycles. The summed E-state index contributed by atoms with van der Waals surface area (Å²) in [4.78, 5) is 6.16. The second-order valence-electron chi connectivity index (χ2n) is 10.5. The Kier molecular flexibility index (Phi) is 7.89. The van der Waals surface area contributed by atoms with E-state index >= 15 is 0 Å². The fourth-order valence-electron chi connectivity index (χ4n) is 5.71. The fourth-order valence-corrected chi connectivity index (χ4v) is 7.09. The zero-order valence-corrected chi connectivity index (χ0v) is 23.4. The van der Waals surface area contributed by atoms with Crippen LogP contribution in [-0.2, 0) is 6.42 Å². The number of aromatic hydroxyl groups is 1. The molecule has 0 spiro atoms. The van der Waals surface area contributed by atoms with E-state index in [4.69, 9.17) is 16.3 Å². The summed E-state index contributed by atoms with van der Waals surface area (Å²) in [5.74, 6) is 1.03. The fraction of sp³-hybridized carbons (Fsp3) is 0.375. The molecule has 6 heteroatoms. The van der Waals surface area contributed by atoms with Gasteiger partial charge in [-0.05, 0) is 111 Å². The van der Waals surface area contributed by atoms with Crippen molar-refractivity contribution in [1.29, 1.82) is 0 Å². The smallest absolute Gasteiger partial charge is 0.136 e. The van der Waals surface area contributed by atoms with E-state index in [1.54, 1.807) is 17.4 Å². The number of benzene rings is 3. The van der Waals surface area contributed by atoms with Crippen LogP contribution >= 0.6 is 22.9 Å². The molecule has 0 unspecified atom stereocenters. The lowest BCUT2D eigenvalue weighted by molar-refractivity contribution is 0.238. The summed E-state index contributed by atoms with van der Waals surface area (Å²) in [6.45, 7) is 7.67. The lowest BCUT2D eigenvalue weighted by Crippen LogP contribution is -2.25. The number of halogens is 1. The first-order valence-corrected chi connectivity index (χ1v) is 15.1. The van der Waals surface area contributed by atoms with E-state index in [9.17, 15) is 5.11 Å². The van der Waals surface area contributed by atoms with Gasteiger partial charge in [0.25, 0.3) is 0 Å². The molecule has 4 nitrogen and oxygen atoms in total. The molecule has 3 aromatic carbocycles. The van der Waals surface area contributed by atoms with Crippen molar-refractivity contribution in [3.8, 4) is 33.1 Å². The lowest BCUT2D eigenvalue weighted by Gasteiger charge is -2.15. The third-order valence-electron chi connectivity index (χ3n) is 7.91. The van der Waals surface area contributed by atoms with Gasteiger partial charge in [-0.2, -0.15) is 0 Å². The van der Waals surface area contributed by atoms with E-state index in [-0.39, 0.29) is 5.75 Å². The van der Waals surface area contributed by atoms with Gasteiger partial charge in [0, 0.05) is 33.6 Å². The molecule has 0 radical (unpaired) electrons. The van der Waals surface area contributed by atoms with Gasteiger partial charge in [0.1, 0.15) is 18.1 Å². The quantitative estimate of drug-likeness (QED) is 0.233. The Hall–Kier alpha value is -2.57. The van der Waals surface area contributed by atoms with Gasteiger partial charge in [-0.25, -0.2) is 0 Å². The Bertz CT molecular complexity index is 1370. The van der Waals surface area contributed by atoms with Crippen LogP contribution in [0.15, 0.2) is 60.7 Å². The predicted molar refractivity (Wildman–Crippen MR) is 160 cm³/mol. The highest BCUT2D eigenvalue weighted by Gasteiger charge is 2.17. The van der Waals surface area contributed by atoms with Crippen molar-refractivity contribution in [3.63, 3.8) is 0 Å². The minimum atomic E-state index is 0.127.